The van der Waals surface area contributed by atoms with Crippen LogP contribution in [-0.2, 0) is 11.3 Å². The maximum absolute atomic E-state index is 12.6. The minimum absolute atomic E-state index is 0.0110. The van der Waals surface area contributed by atoms with Crippen LogP contribution < -0.4 is 15.4 Å². The van der Waals surface area contributed by atoms with Crippen LogP contribution in [0.2, 0.25) is 0 Å². The third kappa shape index (κ3) is 6.55. The number of nitro groups is 1. The Kier molecular flexibility index (Phi) is 8.75. The molecule has 2 aromatic carbocycles. The summed E-state index contributed by atoms with van der Waals surface area (Å²) in [6.07, 6.45) is 0. The number of thioether (sulfide) groups is 1. The molecule has 0 radical (unpaired) electrons. The van der Waals surface area contributed by atoms with Gasteiger partial charge in [-0.2, -0.15) is 0 Å². The van der Waals surface area contributed by atoms with E-state index in [-0.39, 0.29) is 17.3 Å². The molecule has 3 N–H and O–H groups in total. The fourth-order valence-electron chi connectivity index (χ4n) is 3.13. The number of nitro benzene ring substituents is 1. The lowest BCUT2D eigenvalue weighted by Gasteiger charge is -2.17. The number of carbonyl (C=O) groups is 2. The van der Waals surface area contributed by atoms with Gasteiger partial charge in [0.15, 0.2) is 11.0 Å². The van der Waals surface area contributed by atoms with E-state index in [9.17, 15) is 24.8 Å². The molecule has 1 heterocycles. The minimum atomic E-state index is -0.805. The van der Waals surface area contributed by atoms with Crippen molar-refractivity contribution < 1.29 is 24.4 Å². The van der Waals surface area contributed by atoms with Crippen LogP contribution in [0.1, 0.15) is 29.1 Å². The van der Waals surface area contributed by atoms with Crippen molar-refractivity contribution in [3.8, 4) is 5.75 Å². The van der Waals surface area contributed by atoms with Crippen molar-refractivity contribution in [2.75, 3.05) is 24.8 Å². The van der Waals surface area contributed by atoms with E-state index in [1.165, 1.54) is 31.4 Å². The highest BCUT2D eigenvalue weighted by Gasteiger charge is 2.23. The zero-order valence-corrected chi connectivity index (χ0v) is 19.8. The van der Waals surface area contributed by atoms with Gasteiger partial charge in [0.05, 0.1) is 24.4 Å². The lowest BCUT2D eigenvalue weighted by Crippen LogP contribution is -2.32. The zero-order valence-electron chi connectivity index (χ0n) is 19.0. The van der Waals surface area contributed by atoms with Gasteiger partial charge >= 0.3 is 0 Å². The Morgan fingerprint density at radius 1 is 1.17 bits per heavy atom. The molecule has 35 heavy (non-hydrogen) atoms. The molecular formula is C22H24N6O6S. The lowest BCUT2D eigenvalue weighted by atomic mass is 10.2. The lowest BCUT2D eigenvalue weighted by molar-refractivity contribution is -0.384. The Morgan fingerprint density at radius 3 is 2.43 bits per heavy atom. The fraction of sp³-hybridized carbons (Fsp3) is 0.273. The second kappa shape index (κ2) is 11.9. The topological polar surface area (TPSA) is 162 Å². The normalized spacial score (nSPS) is 11.5. The van der Waals surface area contributed by atoms with Crippen LogP contribution in [0.3, 0.4) is 0 Å². The molecule has 0 unspecified atom stereocenters. The van der Waals surface area contributed by atoms with Crippen molar-refractivity contribution in [1.29, 1.82) is 0 Å². The highest BCUT2D eigenvalue weighted by Crippen LogP contribution is 2.22. The van der Waals surface area contributed by atoms with Crippen molar-refractivity contribution in [1.82, 2.24) is 20.1 Å². The van der Waals surface area contributed by atoms with Gasteiger partial charge in [-0.05, 0) is 43.3 Å². The molecule has 2 amide bonds. The molecule has 1 aromatic heterocycles. The molecule has 0 fully saturated rings. The average molecular weight is 501 g/mol. The molecule has 12 nitrogen and oxygen atoms in total. The predicted octanol–water partition coefficient (Wildman–Crippen LogP) is 2.41. The van der Waals surface area contributed by atoms with Crippen LogP contribution in [0.4, 0.5) is 11.4 Å². The summed E-state index contributed by atoms with van der Waals surface area (Å²) in [5.74, 6) is 0.258. The van der Waals surface area contributed by atoms with E-state index in [1.807, 2.05) is 6.92 Å². The van der Waals surface area contributed by atoms with Gasteiger partial charge in [-0.25, -0.2) is 0 Å². The van der Waals surface area contributed by atoms with Gasteiger partial charge in [0.25, 0.3) is 11.6 Å². The molecule has 184 valence electrons. The Bertz CT molecular complexity index is 1180. The molecule has 1 atom stereocenters. The number of benzene rings is 2. The van der Waals surface area contributed by atoms with Gasteiger partial charge in [-0.15, -0.1) is 10.2 Å². The Morgan fingerprint density at radius 2 is 1.86 bits per heavy atom. The summed E-state index contributed by atoms with van der Waals surface area (Å²) in [6.45, 7) is 1.91. The zero-order chi connectivity index (χ0) is 25.4. The predicted molar refractivity (Wildman–Crippen MR) is 128 cm³/mol. The summed E-state index contributed by atoms with van der Waals surface area (Å²) in [5, 5.41) is 34.7. The second-order valence-corrected chi connectivity index (χ2v) is 8.11. The highest BCUT2D eigenvalue weighted by molar-refractivity contribution is 7.99. The number of nitrogens with zero attached hydrogens (tertiary/aromatic N) is 4. The number of ether oxygens (including phenoxy) is 1. The standard InChI is InChI=1S/C22H24N6O6S/c1-3-27-20(18(12-29)24-21(31)14-4-10-17(34-2)11-5-14)25-26-22(27)35-13-19(30)23-15-6-8-16(9-7-15)28(32)33/h4-11,18,29H,3,12-13H2,1-2H3,(H,23,30)(H,24,31)/t18-/m0/s1. The maximum atomic E-state index is 12.6. The number of aromatic nitrogens is 3. The Hall–Kier alpha value is -3.97. The Labute approximate surface area is 204 Å². The van der Waals surface area contributed by atoms with Crippen LogP contribution in [0, 0.1) is 10.1 Å². The van der Waals surface area contributed by atoms with E-state index < -0.39 is 23.5 Å². The van der Waals surface area contributed by atoms with E-state index in [2.05, 4.69) is 20.8 Å². The van der Waals surface area contributed by atoms with E-state index in [4.69, 9.17) is 4.74 Å². The molecule has 0 saturated carbocycles. The largest absolute Gasteiger partial charge is 0.497 e. The molecule has 0 aliphatic carbocycles. The smallest absolute Gasteiger partial charge is 0.269 e. The summed E-state index contributed by atoms with van der Waals surface area (Å²) >= 11 is 1.14. The molecule has 13 heteroatoms. The summed E-state index contributed by atoms with van der Waals surface area (Å²) in [4.78, 5) is 35.2. The summed E-state index contributed by atoms with van der Waals surface area (Å²) in [6, 6.07) is 11.2. The van der Waals surface area contributed by atoms with Crippen molar-refractivity contribution in [3.63, 3.8) is 0 Å². The van der Waals surface area contributed by atoms with Crippen LogP contribution >= 0.6 is 11.8 Å². The fourth-order valence-corrected chi connectivity index (χ4v) is 3.94. The monoisotopic (exact) mass is 500 g/mol. The SMILES string of the molecule is CCn1c(SCC(=O)Nc2ccc([N+](=O)[O-])cc2)nnc1[C@H](CO)NC(=O)c1ccc(OC)cc1. The molecular weight excluding hydrogens is 476 g/mol. The van der Waals surface area contributed by atoms with Gasteiger partial charge < -0.3 is 25.0 Å². The summed E-state index contributed by atoms with van der Waals surface area (Å²) in [5.41, 5.74) is 0.753. The molecule has 3 aromatic rings. The van der Waals surface area contributed by atoms with Crippen molar-refractivity contribution in [2.45, 2.75) is 24.7 Å². The van der Waals surface area contributed by atoms with Crippen LogP contribution in [0.5, 0.6) is 5.75 Å². The van der Waals surface area contributed by atoms with Crippen molar-refractivity contribution >= 4 is 35.0 Å². The van der Waals surface area contributed by atoms with E-state index in [0.29, 0.717) is 34.5 Å². The summed E-state index contributed by atoms with van der Waals surface area (Å²) in [7, 11) is 1.53. The van der Waals surface area contributed by atoms with Gasteiger partial charge in [0.1, 0.15) is 11.8 Å². The molecule has 3 rings (SSSR count). The molecule has 0 aliphatic heterocycles. The highest BCUT2D eigenvalue weighted by atomic mass is 32.2. The number of methoxy groups -OCH3 is 1. The number of hydrogen-bond acceptors (Lipinski definition) is 9. The number of aliphatic hydroxyl groups is 1. The first-order valence-corrected chi connectivity index (χ1v) is 11.5. The Balaban J connectivity index is 1.63. The molecule has 0 bridgehead atoms. The van der Waals surface area contributed by atoms with Crippen LogP contribution in [0.15, 0.2) is 53.7 Å². The van der Waals surface area contributed by atoms with Gasteiger partial charge in [0, 0.05) is 29.9 Å². The summed E-state index contributed by atoms with van der Waals surface area (Å²) < 4.78 is 6.80. The average Bonchev–Trinajstić information content (AvgIpc) is 3.29. The number of amides is 2. The van der Waals surface area contributed by atoms with Gasteiger partial charge in [0.2, 0.25) is 5.91 Å². The number of nitrogens with one attached hydrogen (secondary N) is 2. The van der Waals surface area contributed by atoms with Crippen LogP contribution in [-0.4, -0.2) is 56.1 Å². The first-order valence-electron chi connectivity index (χ1n) is 10.5. The van der Waals surface area contributed by atoms with Crippen molar-refractivity contribution in [3.05, 3.63) is 70.0 Å². The number of carbonyl (C=O) groups excluding carboxylic acids is 2. The van der Waals surface area contributed by atoms with Crippen molar-refractivity contribution in [2.24, 2.45) is 0 Å². The van der Waals surface area contributed by atoms with E-state index >= 15 is 0 Å². The number of rotatable bonds is 11. The van der Waals surface area contributed by atoms with Gasteiger partial charge in [-0.1, -0.05) is 11.8 Å². The molecule has 0 aliphatic rings. The quantitative estimate of drug-likeness (QED) is 0.204. The third-order valence-electron chi connectivity index (χ3n) is 4.91. The number of anilines is 1. The van der Waals surface area contributed by atoms with E-state index in [1.54, 1.807) is 28.8 Å². The molecule has 0 spiro atoms. The maximum Gasteiger partial charge on any atom is 0.269 e. The first-order chi connectivity index (χ1) is 16.9. The van der Waals surface area contributed by atoms with Gasteiger partial charge in [-0.3, -0.25) is 19.7 Å². The second-order valence-electron chi connectivity index (χ2n) is 7.16. The number of hydrogen-bond donors (Lipinski definition) is 3. The third-order valence-corrected chi connectivity index (χ3v) is 5.87. The van der Waals surface area contributed by atoms with E-state index in [0.717, 1.165) is 11.8 Å². The molecule has 0 saturated heterocycles. The first kappa shape index (κ1) is 25.6. The number of non-ortho nitro benzene ring substituents is 1. The van der Waals surface area contributed by atoms with Crippen LogP contribution in [0.25, 0.3) is 0 Å². The number of aliphatic hydroxyl groups excluding tert-OH is 1. The minimum Gasteiger partial charge on any atom is -0.497 e.